The summed E-state index contributed by atoms with van der Waals surface area (Å²) in [5, 5.41) is 21.8. The summed E-state index contributed by atoms with van der Waals surface area (Å²) in [6.45, 7) is 10.5. The van der Waals surface area contributed by atoms with Crippen LogP contribution in [0, 0.1) is 5.41 Å². The smallest absolute Gasteiger partial charge is 0.0897 e. The molecule has 0 aliphatic heterocycles. The second kappa shape index (κ2) is 9.69. The standard InChI is InChI=1S/C13H29NO4/c1-11(2)18-6-5-17-8-12(16)7-14-9-13(3,4)10-15/h11-12,14-16H,5-10H2,1-4H3. The van der Waals surface area contributed by atoms with Gasteiger partial charge in [-0.25, -0.2) is 0 Å². The molecule has 0 aromatic rings. The van der Waals surface area contributed by atoms with E-state index in [4.69, 9.17) is 14.6 Å². The fourth-order valence-electron chi connectivity index (χ4n) is 1.25. The van der Waals surface area contributed by atoms with Gasteiger partial charge in [0.05, 0.1) is 32.0 Å². The van der Waals surface area contributed by atoms with Gasteiger partial charge in [-0.15, -0.1) is 0 Å². The summed E-state index contributed by atoms with van der Waals surface area (Å²) < 4.78 is 10.6. The van der Waals surface area contributed by atoms with Crippen molar-refractivity contribution in [3.8, 4) is 0 Å². The molecule has 3 N–H and O–H groups in total. The van der Waals surface area contributed by atoms with Crippen LogP contribution in [0.5, 0.6) is 0 Å². The van der Waals surface area contributed by atoms with Crippen LogP contribution < -0.4 is 5.32 Å². The van der Waals surface area contributed by atoms with Crippen molar-refractivity contribution in [2.45, 2.75) is 39.9 Å². The van der Waals surface area contributed by atoms with Gasteiger partial charge in [0, 0.05) is 25.1 Å². The Morgan fingerprint density at radius 1 is 1.22 bits per heavy atom. The highest BCUT2D eigenvalue weighted by Gasteiger charge is 2.16. The first kappa shape index (κ1) is 17.8. The third-order valence-electron chi connectivity index (χ3n) is 2.40. The summed E-state index contributed by atoms with van der Waals surface area (Å²) in [7, 11) is 0. The summed E-state index contributed by atoms with van der Waals surface area (Å²) in [6.07, 6.45) is -0.320. The molecule has 0 aliphatic rings. The lowest BCUT2D eigenvalue weighted by Gasteiger charge is -2.23. The van der Waals surface area contributed by atoms with Crippen molar-refractivity contribution in [2.24, 2.45) is 5.41 Å². The number of hydrogen-bond donors (Lipinski definition) is 3. The third kappa shape index (κ3) is 10.9. The number of ether oxygens (including phenoxy) is 2. The quantitative estimate of drug-likeness (QED) is 0.471. The number of nitrogens with one attached hydrogen (secondary N) is 1. The molecule has 1 atom stereocenters. The molecule has 0 spiro atoms. The van der Waals surface area contributed by atoms with Gasteiger partial charge in [0.15, 0.2) is 0 Å². The average Bonchev–Trinajstić information content (AvgIpc) is 2.28. The van der Waals surface area contributed by atoms with Crippen LogP contribution in [-0.2, 0) is 9.47 Å². The van der Waals surface area contributed by atoms with E-state index in [-0.39, 0.29) is 18.1 Å². The molecule has 0 amide bonds. The Labute approximate surface area is 110 Å². The molecule has 0 heterocycles. The number of aliphatic hydroxyl groups is 2. The zero-order chi connectivity index (χ0) is 14.0. The Bertz CT molecular complexity index is 197. The SMILES string of the molecule is CC(C)OCCOCC(O)CNCC(C)(C)CO. The van der Waals surface area contributed by atoms with E-state index in [1.165, 1.54) is 0 Å². The van der Waals surface area contributed by atoms with E-state index in [2.05, 4.69) is 5.32 Å². The van der Waals surface area contributed by atoms with E-state index in [9.17, 15) is 5.11 Å². The van der Waals surface area contributed by atoms with Gasteiger partial charge in [0.1, 0.15) is 0 Å². The van der Waals surface area contributed by atoms with Crippen molar-refractivity contribution >= 4 is 0 Å². The molecule has 0 aliphatic carbocycles. The first-order valence-electron chi connectivity index (χ1n) is 6.56. The van der Waals surface area contributed by atoms with Gasteiger partial charge < -0.3 is 25.0 Å². The van der Waals surface area contributed by atoms with Crippen molar-refractivity contribution in [1.82, 2.24) is 5.32 Å². The molecule has 0 aromatic heterocycles. The van der Waals surface area contributed by atoms with Crippen LogP contribution in [0.25, 0.3) is 0 Å². The Balaban J connectivity index is 3.40. The van der Waals surface area contributed by atoms with Crippen LogP contribution in [0.1, 0.15) is 27.7 Å². The molecule has 5 heteroatoms. The molecular weight excluding hydrogens is 234 g/mol. The second-order valence-corrected chi connectivity index (χ2v) is 5.60. The lowest BCUT2D eigenvalue weighted by Crippen LogP contribution is -2.38. The highest BCUT2D eigenvalue weighted by Crippen LogP contribution is 2.10. The lowest BCUT2D eigenvalue weighted by molar-refractivity contribution is -0.0105. The summed E-state index contributed by atoms with van der Waals surface area (Å²) >= 11 is 0. The van der Waals surface area contributed by atoms with Crippen LogP contribution in [0.3, 0.4) is 0 Å². The van der Waals surface area contributed by atoms with E-state index < -0.39 is 6.10 Å². The largest absolute Gasteiger partial charge is 0.396 e. The molecule has 0 saturated carbocycles. The number of rotatable bonds is 11. The van der Waals surface area contributed by atoms with Crippen molar-refractivity contribution in [3.05, 3.63) is 0 Å². The number of hydrogen-bond acceptors (Lipinski definition) is 5. The summed E-state index contributed by atoms with van der Waals surface area (Å²) in [4.78, 5) is 0. The first-order chi connectivity index (χ1) is 8.37. The molecule has 5 nitrogen and oxygen atoms in total. The lowest BCUT2D eigenvalue weighted by atomic mass is 9.95. The highest BCUT2D eigenvalue weighted by molar-refractivity contribution is 4.71. The molecule has 110 valence electrons. The van der Waals surface area contributed by atoms with Crippen LogP contribution >= 0.6 is 0 Å². The maximum atomic E-state index is 9.64. The normalized spacial score (nSPS) is 14.2. The molecule has 0 radical (unpaired) electrons. The van der Waals surface area contributed by atoms with Crippen molar-refractivity contribution < 1.29 is 19.7 Å². The van der Waals surface area contributed by atoms with Crippen LogP contribution in [0.2, 0.25) is 0 Å². The van der Waals surface area contributed by atoms with E-state index in [1.54, 1.807) is 0 Å². The maximum Gasteiger partial charge on any atom is 0.0897 e. The minimum absolute atomic E-state index is 0.124. The molecule has 0 bridgehead atoms. The van der Waals surface area contributed by atoms with Gasteiger partial charge >= 0.3 is 0 Å². The Hall–Kier alpha value is -0.200. The topological polar surface area (TPSA) is 71.0 Å². The summed E-state index contributed by atoms with van der Waals surface area (Å²) in [5.41, 5.74) is -0.161. The minimum atomic E-state index is -0.529. The molecule has 0 rings (SSSR count). The zero-order valence-electron chi connectivity index (χ0n) is 12.1. The van der Waals surface area contributed by atoms with E-state index in [1.807, 2.05) is 27.7 Å². The van der Waals surface area contributed by atoms with Gasteiger partial charge in [0.2, 0.25) is 0 Å². The third-order valence-corrected chi connectivity index (χ3v) is 2.40. The fraction of sp³-hybridized carbons (Fsp3) is 1.00. The fourth-order valence-corrected chi connectivity index (χ4v) is 1.25. The average molecular weight is 263 g/mol. The maximum absolute atomic E-state index is 9.64. The number of aliphatic hydroxyl groups excluding tert-OH is 2. The predicted molar refractivity (Wildman–Crippen MR) is 71.7 cm³/mol. The monoisotopic (exact) mass is 263 g/mol. The molecule has 18 heavy (non-hydrogen) atoms. The van der Waals surface area contributed by atoms with Gasteiger partial charge in [-0.3, -0.25) is 0 Å². The molecule has 1 unspecified atom stereocenters. The molecule has 0 aromatic carbocycles. The van der Waals surface area contributed by atoms with Gasteiger partial charge in [-0.1, -0.05) is 13.8 Å². The highest BCUT2D eigenvalue weighted by atomic mass is 16.5. The van der Waals surface area contributed by atoms with Crippen molar-refractivity contribution in [2.75, 3.05) is 39.5 Å². The van der Waals surface area contributed by atoms with Gasteiger partial charge in [-0.2, -0.15) is 0 Å². The second-order valence-electron chi connectivity index (χ2n) is 5.60. The minimum Gasteiger partial charge on any atom is -0.396 e. The summed E-state index contributed by atoms with van der Waals surface area (Å²) in [5.74, 6) is 0. The van der Waals surface area contributed by atoms with Gasteiger partial charge in [-0.05, 0) is 13.8 Å². The predicted octanol–water partition coefficient (Wildman–Crippen LogP) is 0.397. The Morgan fingerprint density at radius 3 is 2.44 bits per heavy atom. The first-order valence-corrected chi connectivity index (χ1v) is 6.56. The van der Waals surface area contributed by atoms with E-state index in [0.717, 1.165) is 0 Å². The molecular formula is C13H29NO4. The van der Waals surface area contributed by atoms with Crippen molar-refractivity contribution in [1.29, 1.82) is 0 Å². The summed E-state index contributed by atoms with van der Waals surface area (Å²) in [6, 6.07) is 0. The zero-order valence-corrected chi connectivity index (χ0v) is 12.1. The van der Waals surface area contributed by atoms with Gasteiger partial charge in [0.25, 0.3) is 0 Å². The van der Waals surface area contributed by atoms with Crippen molar-refractivity contribution in [3.63, 3.8) is 0 Å². The Kier molecular flexibility index (Phi) is 9.59. The Morgan fingerprint density at radius 2 is 1.89 bits per heavy atom. The van der Waals surface area contributed by atoms with E-state index >= 15 is 0 Å². The van der Waals surface area contributed by atoms with Crippen LogP contribution in [0.15, 0.2) is 0 Å². The molecule has 0 saturated heterocycles. The molecule has 0 fully saturated rings. The van der Waals surface area contributed by atoms with E-state index in [0.29, 0.717) is 32.9 Å². The van der Waals surface area contributed by atoms with Crippen LogP contribution in [0.4, 0.5) is 0 Å². The van der Waals surface area contributed by atoms with Crippen LogP contribution in [-0.4, -0.2) is 61.9 Å².